The summed E-state index contributed by atoms with van der Waals surface area (Å²) in [6.45, 7) is 0. The van der Waals surface area contributed by atoms with Gasteiger partial charge < -0.3 is 0 Å². The minimum atomic E-state index is 0. The maximum atomic E-state index is 8.34. The summed E-state index contributed by atoms with van der Waals surface area (Å²) >= 11 is 0.300. The Bertz CT molecular complexity index is 8.00. The van der Waals surface area contributed by atoms with Gasteiger partial charge in [-0.05, 0) is 0 Å². The summed E-state index contributed by atoms with van der Waals surface area (Å²) < 4.78 is 8.34. The molecular weight excluding hydrogens is 319 g/mol. The van der Waals surface area contributed by atoms with Gasteiger partial charge in [-0.2, -0.15) is 0 Å². The molecule has 0 amide bonds. The molecule has 0 aromatic rings. The Kier molecular flexibility index (Phi) is 80.1. The van der Waals surface area contributed by atoms with Crippen molar-refractivity contribution in [2.45, 2.75) is 0 Å². The van der Waals surface area contributed by atoms with Crippen LogP contribution < -0.4 is 0 Å². The Morgan fingerprint density at radius 3 is 1.25 bits per heavy atom. The second-order valence-corrected chi connectivity index (χ2v) is 0. The molecule has 4 heteroatoms. The van der Waals surface area contributed by atoms with Crippen LogP contribution in [0.3, 0.4) is 0 Å². The molecule has 0 saturated carbocycles. The molecule has 0 bridgehead atoms. The van der Waals surface area contributed by atoms with E-state index in [1.165, 1.54) is 0 Å². The van der Waals surface area contributed by atoms with Crippen LogP contribution in [0.25, 0.3) is 0 Å². The molecular formula is GaInOSn. The van der Waals surface area contributed by atoms with Gasteiger partial charge in [-0.1, -0.05) is 0 Å². The molecule has 16 valence electrons. The van der Waals surface area contributed by atoms with Crippen LogP contribution in [0.4, 0.5) is 0 Å². The Labute approximate surface area is 70.2 Å². The van der Waals surface area contributed by atoms with Crippen molar-refractivity contribution in [1.29, 1.82) is 0 Å². The van der Waals surface area contributed by atoms with Gasteiger partial charge in [0.2, 0.25) is 0 Å². The molecule has 0 fully saturated rings. The van der Waals surface area contributed by atoms with Gasteiger partial charge in [-0.3, -0.25) is 0 Å². The first kappa shape index (κ1) is 16.5. The second kappa shape index (κ2) is 19.4. The quantitative estimate of drug-likeness (QED) is 0.510. The molecule has 4 heavy (non-hydrogen) atoms. The zero-order valence-corrected chi connectivity index (χ0v) is 10.6. The molecule has 0 rings (SSSR count). The van der Waals surface area contributed by atoms with Gasteiger partial charge in [0, 0.05) is 45.6 Å². The van der Waals surface area contributed by atoms with Crippen LogP contribution in [0.1, 0.15) is 0 Å². The molecule has 0 saturated heterocycles. The van der Waals surface area contributed by atoms with Crippen LogP contribution in [-0.2, 0) is 3.08 Å². The molecule has 0 aromatic heterocycles. The first-order chi connectivity index (χ1) is 1.00. The van der Waals surface area contributed by atoms with Gasteiger partial charge in [0.05, 0.1) is 0 Å². The van der Waals surface area contributed by atoms with E-state index in [0.717, 1.165) is 0 Å². The zero-order valence-electron chi connectivity index (χ0n) is 2.06. The third-order valence-electron chi connectivity index (χ3n) is 0. The van der Waals surface area contributed by atoms with Crippen LogP contribution in [-0.4, -0.2) is 68.1 Å². The van der Waals surface area contributed by atoms with Crippen molar-refractivity contribution in [3.63, 3.8) is 0 Å². The molecule has 0 atom stereocenters. The van der Waals surface area contributed by atoms with Gasteiger partial charge in [-0.25, -0.2) is 0 Å². The van der Waals surface area contributed by atoms with Crippen molar-refractivity contribution in [2.24, 2.45) is 0 Å². The standard InChI is InChI=1S/Ga.In.O.Sn. The summed E-state index contributed by atoms with van der Waals surface area (Å²) in [5.41, 5.74) is 0. The second-order valence-electron chi connectivity index (χ2n) is 0. The normalized spacial score (nSPS) is 1.00. The summed E-state index contributed by atoms with van der Waals surface area (Å²) in [5.74, 6) is 0. The first-order valence-corrected chi connectivity index (χ1v) is 1.37. The Hall–Kier alpha value is 2.11. The number of hydrogen-bond acceptors (Lipinski definition) is 1. The average Bonchev–Trinajstić information content (AvgIpc) is 1.00. The molecule has 0 aliphatic heterocycles. The van der Waals surface area contributed by atoms with Crippen LogP contribution in [0.15, 0.2) is 0 Å². The third kappa shape index (κ3) is 8.93. The van der Waals surface area contributed by atoms with E-state index in [9.17, 15) is 0 Å². The van der Waals surface area contributed by atoms with Crippen molar-refractivity contribution in [3.8, 4) is 0 Å². The number of rotatable bonds is 0. The van der Waals surface area contributed by atoms with Crippen molar-refractivity contribution in [2.75, 3.05) is 0 Å². The fraction of sp³-hybridized carbons (Fsp3) is 0. The fourth-order valence-corrected chi connectivity index (χ4v) is 0. The molecule has 0 spiro atoms. The van der Waals surface area contributed by atoms with E-state index in [4.69, 9.17) is 3.08 Å². The van der Waals surface area contributed by atoms with E-state index in [1.807, 2.05) is 0 Å². The Balaban J connectivity index is -0.00000000500. The van der Waals surface area contributed by atoms with Gasteiger partial charge in [0.25, 0.3) is 0 Å². The predicted molar refractivity (Wildman–Crippen MR) is 17.9 cm³/mol. The first-order valence-electron chi connectivity index (χ1n) is 0.204. The number of hydrogen-bond donors (Lipinski definition) is 0. The molecule has 0 N–H and O–H groups in total. The average molecular weight is 319 g/mol. The SMILES string of the molecule is [Ga].[In].[O]=[Sn]. The zero-order chi connectivity index (χ0) is 2.00. The summed E-state index contributed by atoms with van der Waals surface area (Å²) in [4.78, 5) is 0. The van der Waals surface area contributed by atoms with E-state index in [2.05, 4.69) is 0 Å². The van der Waals surface area contributed by atoms with E-state index in [1.54, 1.807) is 0 Å². The summed E-state index contributed by atoms with van der Waals surface area (Å²) in [5, 5.41) is 0. The van der Waals surface area contributed by atoms with E-state index in [-0.39, 0.29) is 45.6 Å². The fourth-order valence-electron chi connectivity index (χ4n) is 0. The van der Waals surface area contributed by atoms with Crippen LogP contribution in [0, 0.1) is 0 Å². The van der Waals surface area contributed by atoms with Crippen molar-refractivity contribution in [3.05, 3.63) is 0 Å². The maximum absolute atomic E-state index is 8.34. The van der Waals surface area contributed by atoms with Crippen LogP contribution in [0.5, 0.6) is 0 Å². The Morgan fingerprint density at radius 2 is 1.25 bits per heavy atom. The molecule has 0 aromatic carbocycles. The topological polar surface area (TPSA) is 17.1 Å². The minimum absolute atomic E-state index is 0. The van der Waals surface area contributed by atoms with E-state index < -0.39 is 0 Å². The third-order valence-corrected chi connectivity index (χ3v) is 0. The van der Waals surface area contributed by atoms with Crippen molar-refractivity contribution < 1.29 is 3.08 Å². The van der Waals surface area contributed by atoms with E-state index in [0.29, 0.717) is 22.5 Å². The van der Waals surface area contributed by atoms with Crippen molar-refractivity contribution in [1.82, 2.24) is 0 Å². The molecule has 1 nitrogen and oxygen atoms in total. The monoisotopic (exact) mass is 320 g/mol. The Morgan fingerprint density at radius 1 is 1.25 bits per heavy atom. The van der Waals surface area contributed by atoms with Crippen LogP contribution >= 0.6 is 0 Å². The van der Waals surface area contributed by atoms with E-state index >= 15 is 0 Å². The molecule has 0 heterocycles. The summed E-state index contributed by atoms with van der Waals surface area (Å²) in [6, 6.07) is 0. The van der Waals surface area contributed by atoms with Gasteiger partial charge in [-0.15, -0.1) is 0 Å². The summed E-state index contributed by atoms with van der Waals surface area (Å²) in [7, 11) is 0. The molecule has 0 unspecified atom stereocenters. The van der Waals surface area contributed by atoms with Crippen LogP contribution in [0.2, 0.25) is 0 Å². The van der Waals surface area contributed by atoms with Crippen molar-refractivity contribution >= 4 is 68.1 Å². The molecule has 8 radical (unpaired) electrons. The predicted octanol–water partition coefficient (Wildman–Crippen LogP) is -1.26. The molecule has 0 aliphatic rings. The molecule has 0 aliphatic carbocycles. The summed E-state index contributed by atoms with van der Waals surface area (Å²) in [6.07, 6.45) is 0. The van der Waals surface area contributed by atoms with Gasteiger partial charge >= 0.3 is 25.6 Å². The van der Waals surface area contributed by atoms with Gasteiger partial charge in [0.1, 0.15) is 0 Å². The van der Waals surface area contributed by atoms with Gasteiger partial charge in [0.15, 0.2) is 0 Å².